The number of aliphatic imine (C=N–C) groups is 1. The number of ether oxygens (including phenoxy) is 1. The Hall–Kier alpha value is -1.43. The largest absolute Gasteiger partial charge is 0.388 e. The number of nitriles is 1. The van der Waals surface area contributed by atoms with Crippen molar-refractivity contribution in [3.63, 3.8) is 0 Å². The molecule has 5 atom stereocenters. The summed E-state index contributed by atoms with van der Waals surface area (Å²) in [6.07, 6.45) is 0.00819. The molecular formula is C11H14N4O3S. The lowest BCUT2D eigenvalue weighted by Gasteiger charge is -2.36. The fourth-order valence-electron chi connectivity index (χ4n) is 2.06. The van der Waals surface area contributed by atoms with Crippen molar-refractivity contribution < 1.29 is 9.84 Å². The van der Waals surface area contributed by atoms with Gasteiger partial charge in [0.1, 0.15) is 29.7 Å². The van der Waals surface area contributed by atoms with Crippen LogP contribution in [0.3, 0.4) is 0 Å². The predicted molar refractivity (Wildman–Crippen MR) is 71.5 cm³/mol. The highest BCUT2D eigenvalue weighted by Crippen LogP contribution is 2.37. The number of rotatable bonds is 4. The van der Waals surface area contributed by atoms with Gasteiger partial charge in [-0.2, -0.15) is 10.2 Å². The van der Waals surface area contributed by atoms with E-state index in [1.807, 2.05) is 6.07 Å². The zero-order chi connectivity index (χ0) is 13.8. The molecule has 1 saturated heterocycles. The van der Waals surface area contributed by atoms with Crippen LogP contribution in [0.1, 0.15) is 6.42 Å². The molecule has 102 valence electrons. The van der Waals surface area contributed by atoms with Crippen LogP contribution in [0.5, 0.6) is 0 Å². The van der Waals surface area contributed by atoms with Crippen LogP contribution in [0.15, 0.2) is 22.8 Å². The van der Waals surface area contributed by atoms with E-state index in [0.29, 0.717) is 11.7 Å². The van der Waals surface area contributed by atoms with Crippen molar-refractivity contribution in [2.24, 2.45) is 10.2 Å². The number of fused-ring (bicyclic) bond motifs is 1. The molecule has 2 aliphatic heterocycles. The van der Waals surface area contributed by atoms with E-state index in [1.54, 1.807) is 6.08 Å². The maximum atomic E-state index is 10.8. The van der Waals surface area contributed by atoms with Gasteiger partial charge in [-0.05, 0) is 0 Å². The average molecular weight is 282 g/mol. The van der Waals surface area contributed by atoms with E-state index in [0.717, 1.165) is 0 Å². The molecule has 8 heteroatoms. The number of nitrogens with one attached hydrogen (secondary N) is 1. The van der Waals surface area contributed by atoms with Gasteiger partial charge >= 0.3 is 0 Å². The van der Waals surface area contributed by atoms with Gasteiger partial charge in [0, 0.05) is 6.54 Å². The Bertz CT molecular complexity index is 436. The summed E-state index contributed by atoms with van der Waals surface area (Å²) in [6, 6.07) is 0.450. The minimum atomic E-state index is -1.02. The van der Waals surface area contributed by atoms with E-state index in [-0.39, 0.29) is 6.42 Å². The van der Waals surface area contributed by atoms with Gasteiger partial charge in [-0.15, -0.1) is 6.58 Å². The smallest absolute Gasteiger partial charge is 0.159 e. The summed E-state index contributed by atoms with van der Waals surface area (Å²) in [6.45, 7) is 4.14. The Balaban J connectivity index is 2.10. The van der Waals surface area contributed by atoms with Crippen molar-refractivity contribution in [3.05, 3.63) is 17.6 Å². The average Bonchev–Trinajstić information content (AvgIpc) is 2.80. The second-order valence-corrected chi connectivity index (χ2v) is 5.29. The molecule has 0 aromatic heterocycles. The first-order valence-electron chi connectivity index (χ1n) is 5.83. The van der Waals surface area contributed by atoms with Gasteiger partial charge in [-0.1, -0.05) is 23.0 Å². The summed E-state index contributed by atoms with van der Waals surface area (Å²) in [5, 5.41) is 25.4. The predicted octanol–water partition coefficient (Wildman–Crippen LogP) is 0.368. The number of hydrogen-bond acceptors (Lipinski definition) is 8. The third-order valence-electron chi connectivity index (χ3n) is 2.97. The second kappa shape index (κ2) is 6.14. The quantitative estimate of drug-likeness (QED) is 0.570. The highest BCUT2D eigenvalue weighted by Gasteiger charge is 2.49. The third-order valence-corrected chi connectivity index (χ3v) is 4.07. The first-order valence-corrected chi connectivity index (χ1v) is 6.71. The molecule has 0 radical (unpaired) electrons. The Labute approximate surface area is 114 Å². The van der Waals surface area contributed by atoms with Crippen molar-refractivity contribution in [3.8, 4) is 6.07 Å². The van der Waals surface area contributed by atoms with Gasteiger partial charge < -0.3 is 15.2 Å². The lowest BCUT2D eigenvalue weighted by Crippen LogP contribution is -2.53. The maximum absolute atomic E-state index is 10.8. The fourth-order valence-corrected chi connectivity index (χ4v) is 3.19. The second-order valence-electron chi connectivity index (χ2n) is 4.20. The SMILES string of the molecule is C=CCNC1=N[C@@H]2[C@@H](O)[C@H](N=O)[C@@H](CC#N)O[C@@H]2S1. The topological polar surface area (TPSA) is 107 Å². The minimum Gasteiger partial charge on any atom is -0.388 e. The van der Waals surface area contributed by atoms with E-state index in [9.17, 15) is 10.0 Å². The summed E-state index contributed by atoms with van der Waals surface area (Å²) >= 11 is 1.34. The number of nitroso groups, excluding NO2 is 1. The monoisotopic (exact) mass is 282 g/mol. The first kappa shape index (κ1) is 14.0. The normalized spacial score (nSPS) is 36.8. The van der Waals surface area contributed by atoms with Gasteiger partial charge in [0.2, 0.25) is 0 Å². The van der Waals surface area contributed by atoms with E-state index in [2.05, 4.69) is 22.1 Å². The molecule has 0 aliphatic carbocycles. The summed E-state index contributed by atoms with van der Waals surface area (Å²) < 4.78 is 5.64. The molecule has 7 nitrogen and oxygen atoms in total. The molecule has 0 saturated carbocycles. The molecule has 0 unspecified atom stereocenters. The van der Waals surface area contributed by atoms with Crippen LogP contribution in [-0.2, 0) is 4.74 Å². The van der Waals surface area contributed by atoms with Gasteiger partial charge in [-0.3, -0.25) is 4.99 Å². The molecule has 0 aromatic carbocycles. The van der Waals surface area contributed by atoms with Crippen LogP contribution >= 0.6 is 11.8 Å². The van der Waals surface area contributed by atoms with Crippen molar-refractivity contribution in [1.82, 2.24) is 5.32 Å². The number of amidine groups is 1. The molecular weight excluding hydrogens is 268 g/mol. The number of aliphatic hydroxyl groups is 1. The van der Waals surface area contributed by atoms with Crippen molar-refractivity contribution in [1.29, 1.82) is 5.26 Å². The molecule has 0 spiro atoms. The molecule has 19 heavy (non-hydrogen) atoms. The third kappa shape index (κ3) is 2.78. The van der Waals surface area contributed by atoms with Crippen molar-refractivity contribution >= 4 is 16.9 Å². The van der Waals surface area contributed by atoms with Gasteiger partial charge in [0.15, 0.2) is 5.17 Å². The van der Waals surface area contributed by atoms with E-state index < -0.39 is 29.7 Å². The summed E-state index contributed by atoms with van der Waals surface area (Å²) in [4.78, 5) is 15.1. The van der Waals surface area contributed by atoms with Crippen molar-refractivity contribution in [2.45, 2.75) is 36.1 Å². The van der Waals surface area contributed by atoms with Crippen LogP contribution in [-0.4, -0.2) is 46.5 Å². The van der Waals surface area contributed by atoms with Crippen LogP contribution in [0.2, 0.25) is 0 Å². The van der Waals surface area contributed by atoms with E-state index >= 15 is 0 Å². The van der Waals surface area contributed by atoms with Crippen LogP contribution < -0.4 is 5.32 Å². The standard InChI is InChI=1S/C11H14N4O3S/c1-2-5-13-11-14-8-9(16)7(15-17)6(3-4-12)18-10(8)19-11/h2,6-10,16H,1,3,5H2,(H,13,14)/t6-,7-,8-,9+,10-/m1/s1. The Morgan fingerprint density at radius 1 is 1.74 bits per heavy atom. The maximum Gasteiger partial charge on any atom is 0.159 e. The molecule has 1 fully saturated rings. The van der Waals surface area contributed by atoms with Gasteiger partial charge in [0.25, 0.3) is 0 Å². The molecule has 0 aromatic rings. The Morgan fingerprint density at radius 2 is 2.53 bits per heavy atom. The minimum absolute atomic E-state index is 0.0205. The molecule has 0 amide bonds. The molecule has 0 bridgehead atoms. The highest BCUT2D eigenvalue weighted by atomic mass is 32.2. The molecule has 2 rings (SSSR count). The lowest BCUT2D eigenvalue weighted by molar-refractivity contribution is -0.0820. The lowest BCUT2D eigenvalue weighted by atomic mass is 9.95. The number of aliphatic hydroxyl groups excluding tert-OH is 1. The van der Waals surface area contributed by atoms with Gasteiger partial charge in [0.05, 0.1) is 12.5 Å². The summed E-state index contributed by atoms with van der Waals surface area (Å²) in [5.74, 6) is 0. The summed E-state index contributed by atoms with van der Waals surface area (Å²) in [7, 11) is 0. The molecule has 2 aliphatic rings. The summed E-state index contributed by atoms with van der Waals surface area (Å²) in [5.41, 5.74) is -0.390. The fraction of sp³-hybridized carbons (Fsp3) is 0.636. The number of nitrogens with zero attached hydrogens (tertiary/aromatic N) is 3. The number of thioether (sulfide) groups is 1. The zero-order valence-corrected chi connectivity index (χ0v) is 10.9. The number of hydrogen-bond donors (Lipinski definition) is 2. The highest BCUT2D eigenvalue weighted by molar-refractivity contribution is 8.14. The van der Waals surface area contributed by atoms with Crippen LogP contribution in [0.4, 0.5) is 0 Å². The van der Waals surface area contributed by atoms with Crippen molar-refractivity contribution in [2.75, 3.05) is 6.54 Å². The van der Waals surface area contributed by atoms with E-state index in [4.69, 9.17) is 10.00 Å². The molecule has 2 heterocycles. The van der Waals surface area contributed by atoms with Crippen LogP contribution in [0, 0.1) is 16.2 Å². The van der Waals surface area contributed by atoms with Crippen LogP contribution in [0.25, 0.3) is 0 Å². The zero-order valence-electron chi connectivity index (χ0n) is 10.1. The molecule has 2 N–H and O–H groups in total. The first-order chi connectivity index (χ1) is 9.21. The van der Waals surface area contributed by atoms with E-state index in [1.165, 1.54) is 11.8 Å². The Morgan fingerprint density at radius 3 is 3.16 bits per heavy atom. The Kier molecular flexibility index (Phi) is 4.52. The van der Waals surface area contributed by atoms with Gasteiger partial charge in [-0.25, -0.2) is 0 Å².